The zero-order chi connectivity index (χ0) is 12.7. The predicted octanol–water partition coefficient (Wildman–Crippen LogP) is 1.63. The van der Waals surface area contributed by atoms with Crippen molar-refractivity contribution in [3.8, 4) is 0 Å². The highest BCUT2D eigenvalue weighted by atomic mass is 19.3. The van der Waals surface area contributed by atoms with E-state index in [4.69, 9.17) is 4.74 Å². The molecule has 0 unspecified atom stereocenters. The van der Waals surface area contributed by atoms with Gasteiger partial charge in [-0.3, -0.25) is 0 Å². The zero-order valence-corrected chi connectivity index (χ0v) is 8.94. The van der Waals surface area contributed by atoms with Crippen LogP contribution in [0.3, 0.4) is 0 Å². The first kappa shape index (κ1) is 12.2. The molecule has 1 aliphatic rings. The maximum Gasteiger partial charge on any atom is 0.326 e. The van der Waals surface area contributed by atoms with Crippen LogP contribution in [0.5, 0.6) is 0 Å². The van der Waals surface area contributed by atoms with Gasteiger partial charge in [0.05, 0.1) is 6.61 Å². The Morgan fingerprint density at radius 1 is 1.24 bits per heavy atom. The van der Waals surface area contributed by atoms with Gasteiger partial charge in [-0.2, -0.15) is 8.78 Å². The van der Waals surface area contributed by atoms with Gasteiger partial charge in [0.25, 0.3) is 5.79 Å². The van der Waals surface area contributed by atoms with E-state index in [1.54, 1.807) is 18.2 Å². The number of rotatable bonds is 1. The summed E-state index contributed by atoms with van der Waals surface area (Å²) in [6, 6.07) is 7.90. The highest BCUT2D eigenvalue weighted by Crippen LogP contribution is 2.46. The van der Waals surface area contributed by atoms with E-state index in [1.165, 1.54) is 12.1 Å². The largest absolute Gasteiger partial charge is 0.363 e. The first-order valence-corrected chi connectivity index (χ1v) is 5.04. The Balaban J connectivity index is 2.41. The number of hydrogen-bond acceptors (Lipinski definition) is 3. The molecule has 0 amide bonds. The molecule has 2 N–H and O–H groups in total. The minimum Gasteiger partial charge on any atom is -0.363 e. The summed E-state index contributed by atoms with van der Waals surface area (Å²) in [5, 5.41) is 19.2. The quantitative estimate of drug-likeness (QED) is 0.581. The molecule has 2 rings (SSSR count). The summed E-state index contributed by atoms with van der Waals surface area (Å²) in [5.41, 5.74) is -0.362. The molecule has 1 aromatic carbocycles. The molecule has 0 spiro atoms. The lowest BCUT2D eigenvalue weighted by Gasteiger charge is -2.42. The van der Waals surface area contributed by atoms with E-state index in [0.717, 1.165) is 0 Å². The molecule has 5 heteroatoms. The van der Waals surface area contributed by atoms with Crippen molar-refractivity contribution in [2.45, 2.75) is 17.8 Å². The Morgan fingerprint density at radius 2 is 1.82 bits per heavy atom. The number of ether oxygens (including phenoxy) is 1. The Labute approximate surface area is 97.0 Å². The molecule has 0 bridgehead atoms. The highest BCUT2D eigenvalue weighted by Gasteiger charge is 2.62. The average molecular weight is 242 g/mol. The Hall–Kier alpha value is -1.30. The van der Waals surface area contributed by atoms with E-state index in [2.05, 4.69) is 6.58 Å². The number of hydrogen-bond donors (Lipinski definition) is 2. The summed E-state index contributed by atoms with van der Waals surface area (Å²) in [4.78, 5) is 0. The van der Waals surface area contributed by atoms with Crippen molar-refractivity contribution in [3.05, 3.63) is 48.0 Å². The molecule has 1 aromatic rings. The van der Waals surface area contributed by atoms with Crippen molar-refractivity contribution in [1.82, 2.24) is 0 Å². The molecule has 17 heavy (non-hydrogen) atoms. The predicted molar refractivity (Wildman–Crippen MR) is 56.4 cm³/mol. The maximum atomic E-state index is 13.6. The van der Waals surface area contributed by atoms with Crippen LogP contribution in [-0.4, -0.2) is 28.5 Å². The first-order chi connectivity index (χ1) is 7.87. The van der Waals surface area contributed by atoms with E-state index in [-0.39, 0.29) is 5.56 Å². The molecule has 1 fully saturated rings. The Bertz CT molecular complexity index is 429. The smallest absolute Gasteiger partial charge is 0.326 e. The molecule has 3 nitrogen and oxygen atoms in total. The molecule has 0 aliphatic carbocycles. The van der Waals surface area contributed by atoms with Gasteiger partial charge in [0, 0.05) is 5.57 Å². The molecular formula is C12H12F2O3. The molecule has 0 radical (unpaired) electrons. The second-order valence-corrected chi connectivity index (χ2v) is 4.01. The van der Waals surface area contributed by atoms with Crippen LogP contribution >= 0.6 is 0 Å². The van der Waals surface area contributed by atoms with E-state index < -0.39 is 30.0 Å². The fourth-order valence-electron chi connectivity index (χ4n) is 1.77. The molecule has 1 heterocycles. The SMILES string of the molecule is C=C1CO[C@H](c2ccccc2)C(O)(O)C1(F)F. The van der Waals surface area contributed by atoms with Crippen LogP contribution in [-0.2, 0) is 4.74 Å². The van der Waals surface area contributed by atoms with Gasteiger partial charge in [-0.15, -0.1) is 0 Å². The number of aliphatic hydroxyl groups is 2. The molecule has 1 aliphatic heterocycles. The fraction of sp³-hybridized carbons (Fsp3) is 0.333. The van der Waals surface area contributed by atoms with Crippen LogP contribution in [0.2, 0.25) is 0 Å². The highest BCUT2D eigenvalue weighted by molar-refractivity contribution is 5.27. The topological polar surface area (TPSA) is 49.7 Å². The second-order valence-electron chi connectivity index (χ2n) is 4.01. The van der Waals surface area contributed by atoms with Gasteiger partial charge < -0.3 is 14.9 Å². The summed E-state index contributed by atoms with van der Waals surface area (Å²) in [6.45, 7) is 2.69. The van der Waals surface area contributed by atoms with Crippen LogP contribution in [0.25, 0.3) is 0 Å². The average Bonchev–Trinajstić information content (AvgIpc) is 2.28. The maximum absolute atomic E-state index is 13.6. The number of halogens is 2. The molecule has 1 atom stereocenters. The van der Waals surface area contributed by atoms with Crippen molar-refractivity contribution in [1.29, 1.82) is 0 Å². The molecule has 0 aromatic heterocycles. The lowest BCUT2D eigenvalue weighted by atomic mass is 9.89. The molecule has 1 saturated heterocycles. The van der Waals surface area contributed by atoms with Crippen molar-refractivity contribution >= 4 is 0 Å². The van der Waals surface area contributed by atoms with Gasteiger partial charge in [-0.05, 0) is 5.56 Å². The molecule has 92 valence electrons. The monoisotopic (exact) mass is 242 g/mol. The number of alkyl halides is 2. The third-order valence-corrected chi connectivity index (χ3v) is 2.80. The van der Waals surface area contributed by atoms with Crippen LogP contribution in [0.4, 0.5) is 8.78 Å². The van der Waals surface area contributed by atoms with E-state index in [0.29, 0.717) is 0 Å². The van der Waals surface area contributed by atoms with Crippen molar-refractivity contribution < 1.29 is 23.7 Å². The van der Waals surface area contributed by atoms with E-state index in [1.807, 2.05) is 0 Å². The minimum absolute atomic E-state index is 0.282. The van der Waals surface area contributed by atoms with Gasteiger partial charge >= 0.3 is 5.92 Å². The first-order valence-electron chi connectivity index (χ1n) is 5.04. The molecular weight excluding hydrogens is 230 g/mol. The van der Waals surface area contributed by atoms with Crippen LogP contribution < -0.4 is 0 Å². The van der Waals surface area contributed by atoms with Crippen molar-refractivity contribution in [2.24, 2.45) is 0 Å². The summed E-state index contributed by atoms with van der Waals surface area (Å²) >= 11 is 0. The molecule has 0 saturated carbocycles. The Morgan fingerprint density at radius 3 is 2.41 bits per heavy atom. The third-order valence-electron chi connectivity index (χ3n) is 2.80. The van der Waals surface area contributed by atoms with Crippen LogP contribution in [0, 0.1) is 0 Å². The van der Waals surface area contributed by atoms with E-state index in [9.17, 15) is 19.0 Å². The second kappa shape index (κ2) is 3.87. The zero-order valence-electron chi connectivity index (χ0n) is 8.94. The van der Waals surface area contributed by atoms with Gasteiger partial charge in [0.15, 0.2) is 0 Å². The van der Waals surface area contributed by atoms with Gasteiger partial charge in [-0.1, -0.05) is 36.9 Å². The summed E-state index contributed by atoms with van der Waals surface area (Å²) in [5.74, 6) is -7.09. The Kier molecular flexibility index (Phi) is 2.77. The van der Waals surface area contributed by atoms with Gasteiger partial charge in [0.1, 0.15) is 6.10 Å². The van der Waals surface area contributed by atoms with Crippen LogP contribution in [0.1, 0.15) is 11.7 Å². The van der Waals surface area contributed by atoms with Gasteiger partial charge in [0.2, 0.25) is 0 Å². The fourth-order valence-corrected chi connectivity index (χ4v) is 1.77. The third kappa shape index (κ3) is 1.76. The van der Waals surface area contributed by atoms with Crippen molar-refractivity contribution in [3.63, 3.8) is 0 Å². The summed E-state index contributed by atoms with van der Waals surface area (Å²) in [7, 11) is 0. The number of benzene rings is 1. The van der Waals surface area contributed by atoms with Crippen LogP contribution in [0.15, 0.2) is 42.5 Å². The lowest BCUT2D eigenvalue weighted by molar-refractivity contribution is -0.347. The van der Waals surface area contributed by atoms with Crippen molar-refractivity contribution in [2.75, 3.05) is 6.61 Å². The van der Waals surface area contributed by atoms with Gasteiger partial charge in [-0.25, -0.2) is 0 Å². The van der Waals surface area contributed by atoms with E-state index >= 15 is 0 Å². The normalized spacial score (nSPS) is 26.8. The summed E-state index contributed by atoms with van der Waals surface area (Å²) in [6.07, 6.45) is -1.50. The minimum atomic E-state index is -3.80. The lowest BCUT2D eigenvalue weighted by Crippen LogP contribution is -2.58. The standard InChI is InChI=1S/C12H12F2O3/c1-8-7-17-10(9-5-3-2-4-6-9)12(15,16)11(8,13)14/h2-6,10,15-16H,1,7H2/t10-/m1/s1. The summed E-state index contributed by atoms with van der Waals surface area (Å²) < 4.78 is 32.3.